The van der Waals surface area contributed by atoms with Crippen LogP contribution in [0.1, 0.15) is 33.9 Å². The van der Waals surface area contributed by atoms with E-state index >= 15 is 0 Å². The number of esters is 1. The number of H-pyrrole nitrogens is 1. The predicted octanol–water partition coefficient (Wildman–Crippen LogP) is 1.46. The SMILES string of the molecule is CC(C)OC(=O)C(C)NP(=O)(OCC1OC(n2ccc(=O)[nH]c2=O)C(C)(C#N)C1O)Oc1ccccc1. The quantitative estimate of drug-likeness (QED) is 0.295. The van der Waals surface area contributed by atoms with E-state index in [9.17, 15) is 29.3 Å². The molecule has 200 valence electrons. The molecule has 0 amide bonds. The number of rotatable bonds is 10. The minimum Gasteiger partial charge on any atom is -0.462 e. The molecule has 1 saturated heterocycles. The van der Waals surface area contributed by atoms with Crippen LogP contribution in [0.25, 0.3) is 0 Å². The van der Waals surface area contributed by atoms with Crippen molar-refractivity contribution in [2.75, 3.05) is 6.61 Å². The summed E-state index contributed by atoms with van der Waals surface area (Å²) in [5, 5.41) is 23.2. The lowest BCUT2D eigenvalue weighted by Crippen LogP contribution is -2.41. The third kappa shape index (κ3) is 6.54. The van der Waals surface area contributed by atoms with Gasteiger partial charge in [0.05, 0.1) is 18.8 Å². The van der Waals surface area contributed by atoms with E-state index in [-0.39, 0.29) is 5.75 Å². The van der Waals surface area contributed by atoms with Crippen molar-refractivity contribution in [2.24, 2.45) is 5.41 Å². The van der Waals surface area contributed by atoms with Gasteiger partial charge in [-0.25, -0.2) is 9.36 Å². The van der Waals surface area contributed by atoms with Gasteiger partial charge < -0.3 is 19.1 Å². The molecule has 37 heavy (non-hydrogen) atoms. The van der Waals surface area contributed by atoms with Crippen molar-refractivity contribution < 1.29 is 33.0 Å². The number of hydrogen-bond donors (Lipinski definition) is 3. The highest BCUT2D eigenvalue weighted by Gasteiger charge is 2.55. The molecule has 2 aromatic rings. The molecule has 0 aliphatic carbocycles. The first kappa shape index (κ1) is 28.3. The van der Waals surface area contributed by atoms with E-state index in [4.69, 9.17) is 18.5 Å². The van der Waals surface area contributed by atoms with Crippen LogP contribution in [0.2, 0.25) is 0 Å². The van der Waals surface area contributed by atoms with Gasteiger partial charge >= 0.3 is 19.4 Å². The molecule has 1 aromatic heterocycles. The fraction of sp³-hybridized carbons (Fsp3) is 0.478. The largest absolute Gasteiger partial charge is 0.462 e. The van der Waals surface area contributed by atoms with E-state index in [0.29, 0.717) is 0 Å². The molecule has 1 aliphatic heterocycles. The van der Waals surface area contributed by atoms with E-state index in [2.05, 4.69) is 10.1 Å². The number of aliphatic hydroxyl groups is 1. The van der Waals surface area contributed by atoms with Crippen LogP contribution >= 0.6 is 7.75 Å². The highest BCUT2D eigenvalue weighted by atomic mass is 31.2. The number of aliphatic hydroxyl groups excluding tert-OH is 1. The molecule has 0 spiro atoms. The van der Waals surface area contributed by atoms with Crippen molar-refractivity contribution in [1.82, 2.24) is 14.6 Å². The Morgan fingerprint density at radius 2 is 1.97 bits per heavy atom. The summed E-state index contributed by atoms with van der Waals surface area (Å²) >= 11 is 0. The maximum Gasteiger partial charge on any atom is 0.459 e. The summed E-state index contributed by atoms with van der Waals surface area (Å²) < 4.78 is 36.7. The van der Waals surface area contributed by atoms with Gasteiger partial charge in [-0.15, -0.1) is 0 Å². The number of nitriles is 1. The molecule has 14 heteroatoms. The van der Waals surface area contributed by atoms with Crippen molar-refractivity contribution in [1.29, 1.82) is 5.26 Å². The average Bonchev–Trinajstić information content (AvgIpc) is 3.08. The number of carbonyl (C=O) groups excluding carboxylic acids is 1. The number of nitrogens with zero attached hydrogens (tertiary/aromatic N) is 2. The number of benzene rings is 1. The summed E-state index contributed by atoms with van der Waals surface area (Å²) in [7, 11) is -4.27. The number of hydrogen-bond acceptors (Lipinski definition) is 10. The fourth-order valence-corrected chi connectivity index (χ4v) is 5.14. The van der Waals surface area contributed by atoms with Gasteiger partial charge in [0.2, 0.25) is 0 Å². The van der Waals surface area contributed by atoms with Gasteiger partial charge in [0.15, 0.2) is 6.23 Å². The molecule has 0 saturated carbocycles. The lowest BCUT2D eigenvalue weighted by Gasteiger charge is -2.26. The smallest absolute Gasteiger partial charge is 0.459 e. The molecule has 1 aliphatic rings. The maximum absolute atomic E-state index is 13.7. The standard InChI is InChI=1S/C23H29N4O9P/c1-14(2)34-20(30)15(3)26-37(32,36-16-8-6-5-7-9-16)33-12-17-19(29)23(4,13-24)21(35-17)27-11-10-18(28)25-22(27)31/h5-11,14-15,17,19,21,29H,12H2,1-4H3,(H,26,32)(H,25,28,31). The third-order valence-electron chi connectivity index (χ3n) is 5.56. The van der Waals surface area contributed by atoms with Crippen molar-refractivity contribution >= 4 is 13.7 Å². The van der Waals surface area contributed by atoms with Gasteiger partial charge in [-0.1, -0.05) is 18.2 Å². The molecule has 0 radical (unpaired) electrons. The first-order valence-corrected chi connectivity index (χ1v) is 13.0. The number of para-hydroxylation sites is 1. The van der Waals surface area contributed by atoms with Crippen LogP contribution in [0.4, 0.5) is 0 Å². The van der Waals surface area contributed by atoms with E-state index in [0.717, 1.165) is 16.8 Å². The zero-order chi connectivity index (χ0) is 27.4. The molecular formula is C23H29N4O9P. The van der Waals surface area contributed by atoms with Crippen LogP contribution in [0.3, 0.4) is 0 Å². The average molecular weight is 536 g/mol. The van der Waals surface area contributed by atoms with Gasteiger partial charge in [0.1, 0.15) is 29.4 Å². The molecule has 13 nitrogen and oxygen atoms in total. The maximum atomic E-state index is 13.7. The summed E-state index contributed by atoms with van der Waals surface area (Å²) in [6.45, 7) is 5.58. The summed E-state index contributed by atoms with van der Waals surface area (Å²) in [6, 6.07) is 10.00. The lowest BCUT2D eigenvalue weighted by atomic mass is 9.84. The zero-order valence-electron chi connectivity index (χ0n) is 20.7. The van der Waals surface area contributed by atoms with Crippen molar-refractivity contribution in [3.05, 3.63) is 63.4 Å². The van der Waals surface area contributed by atoms with Gasteiger partial charge in [-0.05, 0) is 39.8 Å². The third-order valence-corrected chi connectivity index (χ3v) is 7.21. The number of aromatic amines is 1. The summed E-state index contributed by atoms with van der Waals surface area (Å²) in [5.41, 5.74) is -3.12. The molecule has 3 N–H and O–H groups in total. The van der Waals surface area contributed by atoms with E-state index in [1.165, 1.54) is 26.0 Å². The number of ether oxygens (including phenoxy) is 2. The molecule has 0 bridgehead atoms. The Morgan fingerprint density at radius 1 is 1.30 bits per heavy atom. The van der Waals surface area contributed by atoms with E-state index in [1.807, 2.05) is 6.07 Å². The van der Waals surface area contributed by atoms with Crippen LogP contribution < -0.4 is 20.9 Å². The molecule has 1 fully saturated rings. The topological polar surface area (TPSA) is 182 Å². The molecule has 6 atom stereocenters. The second-order valence-electron chi connectivity index (χ2n) is 8.92. The Balaban J connectivity index is 1.84. The van der Waals surface area contributed by atoms with Crippen LogP contribution in [0, 0.1) is 16.7 Å². The minimum atomic E-state index is -4.27. The number of nitrogens with one attached hydrogen (secondary N) is 2. The van der Waals surface area contributed by atoms with E-state index < -0.39 is 67.6 Å². The molecular weight excluding hydrogens is 507 g/mol. The Hall–Kier alpha value is -3.27. The number of carbonyl (C=O) groups is 1. The van der Waals surface area contributed by atoms with Crippen LogP contribution in [0.5, 0.6) is 5.75 Å². The van der Waals surface area contributed by atoms with Crippen LogP contribution in [0.15, 0.2) is 52.2 Å². The zero-order valence-corrected chi connectivity index (χ0v) is 21.6. The Labute approximate surface area is 212 Å². The number of aromatic nitrogens is 2. The van der Waals surface area contributed by atoms with E-state index in [1.54, 1.807) is 32.0 Å². The Morgan fingerprint density at radius 3 is 2.57 bits per heavy atom. The molecule has 1 aromatic carbocycles. The first-order valence-electron chi connectivity index (χ1n) is 11.4. The normalized spacial score (nSPS) is 25.7. The van der Waals surface area contributed by atoms with Crippen molar-refractivity contribution in [3.8, 4) is 11.8 Å². The molecule has 3 rings (SSSR count). The Kier molecular flexibility index (Phi) is 8.73. The van der Waals surface area contributed by atoms with Gasteiger partial charge in [-0.2, -0.15) is 10.3 Å². The predicted molar refractivity (Wildman–Crippen MR) is 129 cm³/mol. The van der Waals surface area contributed by atoms with Crippen molar-refractivity contribution in [3.63, 3.8) is 0 Å². The van der Waals surface area contributed by atoms with Crippen LogP contribution in [-0.4, -0.2) is 51.6 Å². The van der Waals surface area contributed by atoms with Gasteiger partial charge in [0, 0.05) is 12.3 Å². The second-order valence-corrected chi connectivity index (χ2v) is 10.6. The molecule has 2 heterocycles. The molecule has 6 unspecified atom stereocenters. The summed E-state index contributed by atoms with van der Waals surface area (Å²) in [5.74, 6) is -0.516. The van der Waals surface area contributed by atoms with Crippen LogP contribution in [-0.2, 0) is 23.4 Å². The highest BCUT2D eigenvalue weighted by Crippen LogP contribution is 2.48. The highest BCUT2D eigenvalue weighted by molar-refractivity contribution is 7.52. The Bertz CT molecular complexity index is 1310. The summed E-state index contributed by atoms with van der Waals surface area (Å²) in [4.78, 5) is 38.1. The summed E-state index contributed by atoms with van der Waals surface area (Å²) in [6.07, 6.45) is -3.29. The second kappa shape index (κ2) is 11.4. The first-order chi connectivity index (χ1) is 17.4. The fourth-order valence-electron chi connectivity index (χ4n) is 3.64. The lowest BCUT2D eigenvalue weighted by molar-refractivity contribution is -0.149. The van der Waals surface area contributed by atoms with Gasteiger partial charge in [0.25, 0.3) is 5.56 Å². The van der Waals surface area contributed by atoms with Gasteiger partial charge in [-0.3, -0.25) is 23.7 Å². The van der Waals surface area contributed by atoms with Crippen molar-refractivity contribution in [2.45, 2.75) is 58.3 Å². The monoisotopic (exact) mass is 536 g/mol. The minimum absolute atomic E-state index is 0.176.